The van der Waals surface area contributed by atoms with Gasteiger partial charge in [0.25, 0.3) is 0 Å². The molecule has 0 unspecified atom stereocenters. The van der Waals surface area contributed by atoms with Crippen molar-refractivity contribution in [2.45, 2.75) is 0 Å². The van der Waals surface area contributed by atoms with Gasteiger partial charge in [-0.15, -0.1) is 0 Å². The Bertz CT molecular complexity index is 430. The van der Waals surface area contributed by atoms with E-state index >= 15 is 0 Å². The van der Waals surface area contributed by atoms with E-state index in [1.54, 1.807) is 5.32 Å². The molecular formula is C7H5N3O5. The van der Waals surface area contributed by atoms with Gasteiger partial charge in [0.05, 0.1) is 0 Å². The molecule has 1 heterocycles. The molecule has 0 aliphatic heterocycles. The second kappa shape index (κ2) is 4.13. The van der Waals surface area contributed by atoms with Crippen molar-refractivity contribution in [3.05, 3.63) is 18.1 Å². The molecule has 0 aliphatic carbocycles. The number of carbonyl (C=O) groups is 3. The Morgan fingerprint density at radius 1 is 1.13 bits per heavy atom. The molecular weight excluding hydrogens is 206 g/mol. The van der Waals surface area contributed by atoms with E-state index in [9.17, 15) is 14.4 Å². The molecule has 1 aromatic heterocycles. The van der Waals surface area contributed by atoms with Crippen molar-refractivity contribution in [3.8, 4) is 0 Å². The highest BCUT2D eigenvalue weighted by atomic mass is 16.4. The normalized spacial score (nSPS) is 9.33. The van der Waals surface area contributed by atoms with Crippen LogP contribution < -0.4 is 5.32 Å². The van der Waals surface area contributed by atoms with Crippen LogP contribution in [0.2, 0.25) is 0 Å². The average Bonchev–Trinajstić information content (AvgIpc) is 2.18. The first-order valence-corrected chi connectivity index (χ1v) is 3.61. The summed E-state index contributed by atoms with van der Waals surface area (Å²) in [5, 5.41) is 18.7. The van der Waals surface area contributed by atoms with Crippen molar-refractivity contribution < 1.29 is 24.6 Å². The van der Waals surface area contributed by atoms with Crippen LogP contribution in [0.25, 0.3) is 0 Å². The molecule has 0 atom stereocenters. The quantitative estimate of drug-likeness (QED) is 0.545. The minimum absolute atomic E-state index is 0.405. The first-order chi connectivity index (χ1) is 7.02. The molecule has 8 nitrogen and oxygen atoms in total. The van der Waals surface area contributed by atoms with Crippen LogP contribution in [0, 0.1) is 0 Å². The minimum Gasteiger partial charge on any atom is -0.476 e. The first-order valence-electron chi connectivity index (χ1n) is 3.61. The predicted molar refractivity (Wildman–Crippen MR) is 45.3 cm³/mol. The van der Waals surface area contributed by atoms with Crippen molar-refractivity contribution in [1.29, 1.82) is 0 Å². The van der Waals surface area contributed by atoms with Gasteiger partial charge >= 0.3 is 17.8 Å². The number of nitrogens with one attached hydrogen (secondary N) is 1. The van der Waals surface area contributed by atoms with Gasteiger partial charge in [-0.1, -0.05) is 0 Å². The zero-order chi connectivity index (χ0) is 11.4. The van der Waals surface area contributed by atoms with E-state index in [1.807, 2.05) is 0 Å². The highest BCUT2D eigenvalue weighted by Crippen LogP contribution is 2.07. The molecule has 0 radical (unpaired) electrons. The Morgan fingerprint density at radius 3 is 2.27 bits per heavy atom. The summed E-state index contributed by atoms with van der Waals surface area (Å²) in [5.74, 6) is -4.93. The van der Waals surface area contributed by atoms with Crippen LogP contribution in [0.4, 0.5) is 5.82 Å². The molecule has 1 aromatic rings. The van der Waals surface area contributed by atoms with Crippen molar-refractivity contribution in [2.24, 2.45) is 0 Å². The number of rotatable bonds is 2. The fourth-order valence-corrected chi connectivity index (χ4v) is 0.747. The topological polar surface area (TPSA) is 129 Å². The molecule has 78 valence electrons. The van der Waals surface area contributed by atoms with E-state index in [0.29, 0.717) is 0 Å². The molecule has 1 amide bonds. The Kier molecular flexibility index (Phi) is 2.91. The predicted octanol–water partition coefficient (Wildman–Crippen LogP) is -0.802. The molecule has 3 N–H and O–H groups in total. The van der Waals surface area contributed by atoms with Gasteiger partial charge in [0, 0.05) is 12.4 Å². The van der Waals surface area contributed by atoms with Gasteiger partial charge in [-0.2, -0.15) is 0 Å². The number of aromatic carboxylic acids is 1. The number of hydrogen-bond donors (Lipinski definition) is 3. The number of nitrogens with zero attached hydrogens (tertiary/aromatic N) is 2. The van der Waals surface area contributed by atoms with Crippen LogP contribution in [0.15, 0.2) is 12.4 Å². The number of carboxylic acids is 2. The van der Waals surface area contributed by atoms with E-state index in [4.69, 9.17) is 10.2 Å². The standard InChI is InChI=1S/C7H5N3O5/c11-5(7(14)15)10-4-3(6(12)13)8-1-2-9-4/h1-2H,(H,12,13)(H,14,15)(H,9,10,11). The summed E-state index contributed by atoms with van der Waals surface area (Å²) in [6.45, 7) is 0. The summed E-state index contributed by atoms with van der Waals surface area (Å²) in [7, 11) is 0. The molecule has 8 heteroatoms. The third-order valence-electron chi connectivity index (χ3n) is 1.33. The number of carbonyl (C=O) groups excluding carboxylic acids is 1. The Hall–Kier alpha value is -2.51. The van der Waals surface area contributed by atoms with E-state index in [-0.39, 0.29) is 0 Å². The molecule has 0 spiro atoms. The fraction of sp³-hybridized carbons (Fsp3) is 0. The van der Waals surface area contributed by atoms with Crippen LogP contribution in [-0.4, -0.2) is 38.0 Å². The van der Waals surface area contributed by atoms with E-state index in [1.165, 1.54) is 0 Å². The summed E-state index contributed by atoms with van der Waals surface area (Å²) in [6.07, 6.45) is 2.24. The average molecular weight is 211 g/mol. The number of anilines is 1. The summed E-state index contributed by atoms with van der Waals surface area (Å²) in [6, 6.07) is 0. The van der Waals surface area contributed by atoms with Crippen molar-refractivity contribution >= 4 is 23.7 Å². The SMILES string of the molecule is O=C(O)C(=O)Nc1nccnc1C(=O)O. The maximum absolute atomic E-state index is 10.7. The minimum atomic E-state index is -1.74. The van der Waals surface area contributed by atoms with Crippen molar-refractivity contribution in [2.75, 3.05) is 5.32 Å². The maximum Gasteiger partial charge on any atom is 0.394 e. The zero-order valence-electron chi connectivity index (χ0n) is 7.17. The Labute approximate surface area is 82.6 Å². The fourth-order valence-electron chi connectivity index (χ4n) is 0.747. The molecule has 0 fully saturated rings. The van der Waals surface area contributed by atoms with Crippen LogP contribution in [0.5, 0.6) is 0 Å². The molecule has 0 bridgehead atoms. The Morgan fingerprint density at radius 2 is 1.73 bits per heavy atom. The maximum atomic E-state index is 10.7. The number of amides is 1. The van der Waals surface area contributed by atoms with Crippen LogP contribution in [-0.2, 0) is 9.59 Å². The lowest BCUT2D eigenvalue weighted by atomic mass is 10.4. The molecule has 1 rings (SSSR count). The third-order valence-corrected chi connectivity index (χ3v) is 1.33. The van der Waals surface area contributed by atoms with Gasteiger partial charge in [-0.05, 0) is 0 Å². The number of carboxylic acid groups (broad SMARTS) is 2. The number of aromatic nitrogens is 2. The van der Waals surface area contributed by atoms with Crippen LogP contribution >= 0.6 is 0 Å². The summed E-state index contributed by atoms with van der Waals surface area (Å²) < 4.78 is 0. The van der Waals surface area contributed by atoms with Crippen molar-refractivity contribution in [3.63, 3.8) is 0 Å². The van der Waals surface area contributed by atoms with Gasteiger partial charge in [-0.3, -0.25) is 10.1 Å². The lowest BCUT2D eigenvalue weighted by Crippen LogP contribution is -2.24. The smallest absolute Gasteiger partial charge is 0.394 e. The molecule has 0 aliphatic rings. The number of hydrogen-bond acceptors (Lipinski definition) is 5. The number of aliphatic carboxylic acids is 1. The third kappa shape index (κ3) is 2.46. The lowest BCUT2D eigenvalue weighted by molar-refractivity contribution is -0.147. The van der Waals surface area contributed by atoms with Gasteiger partial charge < -0.3 is 10.2 Å². The largest absolute Gasteiger partial charge is 0.476 e. The van der Waals surface area contributed by atoms with Gasteiger partial charge in [0.15, 0.2) is 11.5 Å². The molecule has 0 saturated carbocycles. The van der Waals surface area contributed by atoms with Crippen molar-refractivity contribution in [1.82, 2.24) is 9.97 Å². The highest BCUT2D eigenvalue weighted by Gasteiger charge is 2.18. The van der Waals surface area contributed by atoms with Gasteiger partial charge in [0.2, 0.25) is 0 Å². The zero-order valence-corrected chi connectivity index (χ0v) is 7.17. The highest BCUT2D eigenvalue weighted by molar-refractivity contribution is 6.36. The van der Waals surface area contributed by atoms with Gasteiger partial charge in [-0.25, -0.2) is 19.6 Å². The van der Waals surface area contributed by atoms with E-state index in [2.05, 4.69) is 9.97 Å². The second-order valence-corrected chi connectivity index (χ2v) is 2.32. The Balaban J connectivity index is 2.99. The second-order valence-electron chi connectivity index (χ2n) is 2.32. The summed E-state index contributed by atoms with van der Waals surface area (Å²) in [5.41, 5.74) is -0.521. The van der Waals surface area contributed by atoms with E-state index < -0.39 is 29.4 Å². The molecule has 15 heavy (non-hydrogen) atoms. The monoisotopic (exact) mass is 211 g/mol. The molecule has 0 saturated heterocycles. The first kappa shape index (κ1) is 10.6. The van der Waals surface area contributed by atoms with Crippen LogP contribution in [0.1, 0.15) is 10.5 Å². The summed E-state index contributed by atoms with van der Waals surface area (Å²) in [4.78, 5) is 38.4. The lowest BCUT2D eigenvalue weighted by Gasteiger charge is -2.02. The molecule has 0 aromatic carbocycles. The van der Waals surface area contributed by atoms with Crippen LogP contribution in [0.3, 0.4) is 0 Å². The van der Waals surface area contributed by atoms with Gasteiger partial charge in [0.1, 0.15) is 0 Å². The summed E-state index contributed by atoms with van der Waals surface area (Å²) >= 11 is 0. The van der Waals surface area contributed by atoms with E-state index in [0.717, 1.165) is 12.4 Å².